The van der Waals surface area contributed by atoms with E-state index in [1.165, 1.54) is 0 Å². The number of hydrogen-bond donors (Lipinski definition) is 1. The second kappa shape index (κ2) is 11.7. The summed E-state index contributed by atoms with van der Waals surface area (Å²) in [6.07, 6.45) is 1.54. The van der Waals surface area contributed by atoms with Gasteiger partial charge in [-0.05, 0) is 55.8 Å². The molecule has 1 N–H and O–H groups in total. The molecule has 7 heteroatoms. The van der Waals surface area contributed by atoms with Crippen LogP contribution in [0.5, 0.6) is 11.5 Å². The third-order valence-corrected chi connectivity index (χ3v) is 5.90. The van der Waals surface area contributed by atoms with E-state index in [2.05, 4.69) is 31.9 Å². The maximum atomic E-state index is 12.4. The molecule has 0 fully saturated rings. The molecule has 0 saturated heterocycles. The van der Waals surface area contributed by atoms with Crippen molar-refractivity contribution in [2.45, 2.75) is 26.3 Å². The molecule has 0 atom stereocenters. The van der Waals surface area contributed by atoms with E-state index < -0.39 is 0 Å². The van der Waals surface area contributed by atoms with Gasteiger partial charge in [0.25, 0.3) is 5.91 Å². The van der Waals surface area contributed by atoms with Crippen LogP contribution in [0.15, 0.2) is 77.3 Å². The van der Waals surface area contributed by atoms with Gasteiger partial charge in [0, 0.05) is 23.0 Å². The third-order valence-electron chi connectivity index (χ3n) is 5.40. The lowest BCUT2D eigenvalue weighted by molar-refractivity contribution is 0.0953. The molecule has 0 unspecified atom stereocenters. The van der Waals surface area contributed by atoms with Crippen LogP contribution in [0.25, 0.3) is 11.0 Å². The predicted octanol–water partition coefficient (Wildman–Crippen LogP) is 5.64. The molecule has 0 spiro atoms. The number of fused-ring (bicyclic) bond motifs is 1. The van der Waals surface area contributed by atoms with Crippen molar-refractivity contribution in [2.24, 2.45) is 0 Å². The van der Waals surface area contributed by atoms with Gasteiger partial charge < -0.3 is 19.4 Å². The van der Waals surface area contributed by atoms with E-state index in [1.54, 1.807) is 0 Å². The second-order valence-electron chi connectivity index (χ2n) is 7.77. The minimum atomic E-state index is -0.0730. The quantitative estimate of drug-likeness (QED) is 0.259. The Morgan fingerprint density at radius 3 is 2.56 bits per heavy atom. The van der Waals surface area contributed by atoms with Crippen LogP contribution in [0.2, 0.25) is 0 Å². The van der Waals surface area contributed by atoms with Gasteiger partial charge in [0.1, 0.15) is 12.4 Å². The van der Waals surface area contributed by atoms with Crippen molar-refractivity contribution in [3.05, 3.63) is 88.7 Å². The molecule has 0 aliphatic heterocycles. The van der Waals surface area contributed by atoms with Gasteiger partial charge in [0.2, 0.25) is 0 Å². The summed E-state index contributed by atoms with van der Waals surface area (Å²) in [5, 5.41) is 3.00. The SMILES string of the molecule is CCOc1ccccc1OCCn1c(CCCNC(=O)c2cccc(Br)c2)nc2ccccc21. The van der Waals surface area contributed by atoms with Crippen LogP contribution >= 0.6 is 15.9 Å². The molecular weight excluding hydrogens is 494 g/mol. The number of halogens is 1. The van der Waals surface area contributed by atoms with Crippen molar-refractivity contribution in [1.82, 2.24) is 14.9 Å². The van der Waals surface area contributed by atoms with Crippen molar-refractivity contribution < 1.29 is 14.3 Å². The van der Waals surface area contributed by atoms with Gasteiger partial charge in [0.15, 0.2) is 11.5 Å². The van der Waals surface area contributed by atoms with Gasteiger partial charge in [-0.3, -0.25) is 4.79 Å². The smallest absolute Gasteiger partial charge is 0.251 e. The lowest BCUT2D eigenvalue weighted by Crippen LogP contribution is -2.25. The predicted molar refractivity (Wildman–Crippen MR) is 138 cm³/mol. The summed E-state index contributed by atoms with van der Waals surface area (Å²) in [6, 6.07) is 23.2. The van der Waals surface area contributed by atoms with Gasteiger partial charge in [-0.15, -0.1) is 0 Å². The number of rotatable bonds is 11. The number of para-hydroxylation sites is 4. The Kier molecular flexibility index (Phi) is 8.20. The molecular formula is C27H28BrN3O3. The number of ether oxygens (including phenoxy) is 2. The lowest BCUT2D eigenvalue weighted by atomic mass is 10.2. The van der Waals surface area contributed by atoms with Crippen molar-refractivity contribution in [3.8, 4) is 11.5 Å². The van der Waals surface area contributed by atoms with Crippen molar-refractivity contribution in [3.63, 3.8) is 0 Å². The van der Waals surface area contributed by atoms with E-state index in [-0.39, 0.29) is 5.91 Å². The topological polar surface area (TPSA) is 65.4 Å². The Labute approximate surface area is 208 Å². The highest BCUT2D eigenvalue weighted by Gasteiger charge is 2.12. The summed E-state index contributed by atoms with van der Waals surface area (Å²) >= 11 is 3.41. The van der Waals surface area contributed by atoms with Gasteiger partial charge in [-0.1, -0.05) is 46.3 Å². The molecule has 6 nitrogen and oxygen atoms in total. The summed E-state index contributed by atoms with van der Waals surface area (Å²) < 4.78 is 14.8. The number of aromatic nitrogens is 2. The van der Waals surface area contributed by atoms with Crippen LogP contribution < -0.4 is 14.8 Å². The molecule has 1 heterocycles. The van der Waals surface area contributed by atoms with Crippen LogP contribution in [0.1, 0.15) is 29.5 Å². The maximum Gasteiger partial charge on any atom is 0.251 e. The van der Waals surface area contributed by atoms with Crippen LogP contribution in [0, 0.1) is 0 Å². The standard InChI is InChI=1S/C27H28BrN3O3/c1-2-33-24-13-5-6-14-25(24)34-18-17-31-23-12-4-3-11-22(23)30-26(31)15-8-16-29-27(32)20-9-7-10-21(28)19-20/h3-7,9-14,19H,2,8,15-18H2,1H3,(H,29,32). The number of nitrogens with one attached hydrogen (secondary N) is 1. The Bertz CT molecular complexity index is 1250. The molecule has 34 heavy (non-hydrogen) atoms. The number of nitrogens with zero attached hydrogens (tertiary/aromatic N) is 2. The molecule has 1 amide bonds. The number of carbonyl (C=O) groups is 1. The Morgan fingerprint density at radius 1 is 1.00 bits per heavy atom. The van der Waals surface area contributed by atoms with Gasteiger partial charge in [-0.2, -0.15) is 0 Å². The average molecular weight is 522 g/mol. The van der Waals surface area contributed by atoms with Crippen LogP contribution in [0.3, 0.4) is 0 Å². The molecule has 0 aliphatic carbocycles. The summed E-state index contributed by atoms with van der Waals surface area (Å²) in [5.74, 6) is 2.41. The molecule has 0 saturated carbocycles. The minimum absolute atomic E-state index is 0.0730. The zero-order valence-corrected chi connectivity index (χ0v) is 20.8. The zero-order valence-electron chi connectivity index (χ0n) is 19.2. The number of hydrogen-bond acceptors (Lipinski definition) is 4. The monoisotopic (exact) mass is 521 g/mol. The highest BCUT2D eigenvalue weighted by atomic mass is 79.9. The second-order valence-corrected chi connectivity index (χ2v) is 8.68. The first kappa shape index (κ1) is 23.8. The minimum Gasteiger partial charge on any atom is -0.490 e. The number of aryl methyl sites for hydroxylation is 1. The van der Waals surface area contributed by atoms with E-state index in [9.17, 15) is 4.79 Å². The highest BCUT2D eigenvalue weighted by molar-refractivity contribution is 9.10. The largest absolute Gasteiger partial charge is 0.490 e. The lowest BCUT2D eigenvalue weighted by Gasteiger charge is -2.13. The maximum absolute atomic E-state index is 12.4. The molecule has 1 aromatic heterocycles. The third kappa shape index (κ3) is 5.97. The van der Waals surface area contributed by atoms with Crippen LogP contribution in [-0.2, 0) is 13.0 Å². The molecule has 0 bridgehead atoms. The number of benzene rings is 3. The number of imidazole rings is 1. The summed E-state index contributed by atoms with van der Waals surface area (Å²) in [5.41, 5.74) is 2.69. The summed E-state index contributed by atoms with van der Waals surface area (Å²) in [4.78, 5) is 17.2. The molecule has 0 aliphatic rings. The van der Waals surface area contributed by atoms with Gasteiger partial charge in [0.05, 0.1) is 24.2 Å². The first-order valence-corrected chi connectivity index (χ1v) is 12.3. The van der Waals surface area contributed by atoms with Crippen molar-refractivity contribution in [2.75, 3.05) is 19.8 Å². The van der Waals surface area contributed by atoms with Crippen molar-refractivity contribution >= 4 is 32.9 Å². The first-order valence-electron chi connectivity index (χ1n) is 11.5. The normalized spacial score (nSPS) is 10.9. The Balaban J connectivity index is 1.38. The molecule has 176 valence electrons. The van der Waals surface area contributed by atoms with Gasteiger partial charge >= 0.3 is 0 Å². The van der Waals surface area contributed by atoms with E-state index in [0.717, 1.165) is 45.7 Å². The van der Waals surface area contributed by atoms with Crippen LogP contribution in [0.4, 0.5) is 0 Å². The Hall–Kier alpha value is -3.32. The number of carbonyl (C=O) groups excluding carboxylic acids is 1. The fourth-order valence-corrected chi connectivity index (χ4v) is 4.24. The molecule has 3 aromatic carbocycles. The van der Waals surface area contributed by atoms with Gasteiger partial charge in [-0.25, -0.2) is 4.98 Å². The highest BCUT2D eigenvalue weighted by Crippen LogP contribution is 2.26. The van der Waals surface area contributed by atoms with E-state index >= 15 is 0 Å². The zero-order chi connectivity index (χ0) is 23.8. The first-order chi connectivity index (χ1) is 16.7. The molecule has 4 aromatic rings. The average Bonchev–Trinajstić information content (AvgIpc) is 3.20. The van der Waals surface area contributed by atoms with E-state index in [4.69, 9.17) is 14.5 Å². The summed E-state index contributed by atoms with van der Waals surface area (Å²) in [6.45, 7) is 4.29. The van der Waals surface area contributed by atoms with E-state index in [1.807, 2.05) is 73.7 Å². The van der Waals surface area contributed by atoms with Crippen molar-refractivity contribution in [1.29, 1.82) is 0 Å². The van der Waals surface area contributed by atoms with E-state index in [0.29, 0.717) is 31.9 Å². The fraction of sp³-hybridized carbons (Fsp3) is 0.259. The fourth-order valence-electron chi connectivity index (χ4n) is 3.84. The number of amides is 1. The Morgan fingerprint density at radius 2 is 1.76 bits per heavy atom. The molecule has 4 rings (SSSR count). The summed E-state index contributed by atoms with van der Waals surface area (Å²) in [7, 11) is 0. The van der Waals surface area contributed by atoms with Crippen LogP contribution in [-0.4, -0.2) is 35.2 Å². The molecule has 0 radical (unpaired) electrons.